The number of hydrogen-bond acceptors (Lipinski definition) is 4. The summed E-state index contributed by atoms with van der Waals surface area (Å²) in [5, 5.41) is 8.72. The van der Waals surface area contributed by atoms with Gasteiger partial charge in [-0.05, 0) is 6.42 Å². The van der Waals surface area contributed by atoms with Crippen LogP contribution in [-0.4, -0.2) is 37.0 Å². The quantitative estimate of drug-likeness (QED) is 0.468. The molecule has 0 aliphatic heterocycles. The van der Waals surface area contributed by atoms with Gasteiger partial charge >= 0.3 is 5.97 Å². The van der Waals surface area contributed by atoms with Crippen molar-refractivity contribution in [2.75, 3.05) is 19.8 Å². The number of carbonyl (C=O) groups excluding carboxylic acids is 1. The Morgan fingerprint density at radius 2 is 2.25 bits per heavy atom. The zero-order chi connectivity index (χ0) is 9.40. The molecular weight excluding hydrogens is 160 g/mol. The van der Waals surface area contributed by atoms with E-state index < -0.39 is 12.1 Å². The molecule has 0 aliphatic rings. The van der Waals surface area contributed by atoms with E-state index in [2.05, 4.69) is 0 Å². The van der Waals surface area contributed by atoms with Gasteiger partial charge in [-0.1, -0.05) is 6.92 Å². The molecule has 0 radical (unpaired) electrons. The van der Waals surface area contributed by atoms with Crippen LogP contribution in [0.25, 0.3) is 0 Å². The summed E-state index contributed by atoms with van der Waals surface area (Å²) in [6, 6.07) is 0. The van der Waals surface area contributed by atoms with Gasteiger partial charge in [0, 0.05) is 13.5 Å². The van der Waals surface area contributed by atoms with E-state index in [1.807, 2.05) is 6.92 Å². The molecule has 0 aliphatic carbocycles. The van der Waals surface area contributed by atoms with Crippen molar-refractivity contribution in [1.29, 1.82) is 0 Å². The van der Waals surface area contributed by atoms with Crippen LogP contribution < -0.4 is 0 Å². The molecule has 4 heteroatoms. The van der Waals surface area contributed by atoms with Crippen LogP contribution in [0.3, 0.4) is 0 Å². The largest absolute Gasteiger partial charge is 0.458 e. The lowest BCUT2D eigenvalue weighted by atomic mass is 10.4. The van der Waals surface area contributed by atoms with Gasteiger partial charge in [-0.2, -0.15) is 0 Å². The summed E-state index contributed by atoms with van der Waals surface area (Å²) in [6.07, 6.45) is 0.396. The van der Waals surface area contributed by atoms with Crippen LogP contribution in [0, 0.1) is 0 Å². The second kappa shape index (κ2) is 7.06. The average Bonchev–Trinajstić information content (AvgIpc) is 2.02. The smallest absolute Gasteiger partial charge is 0.303 e. The molecule has 0 aromatic carbocycles. The third kappa shape index (κ3) is 6.12. The molecular formula is C8H16O4. The van der Waals surface area contributed by atoms with Crippen LogP contribution >= 0.6 is 0 Å². The predicted octanol–water partition coefficient (Wildman–Crippen LogP) is 0.337. The first kappa shape index (κ1) is 11.4. The Kier molecular flexibility index (Phi) is 6.70. The average molecular weight is 176 g/mol. The van der Waals surface area contributed by atoms with Crippen LogP contribution in [-0.2, 0) is 14.3 Å². The summed E-state index contributed by atoms with van der Waals surface area (Å²) >= 11 is 0. The number of hydrogen-bond donors (Lipinski definition) is 1. The lowest BCUT2D eigenvalue weighted by Gasteiger charge is -2.13. The summed E-state index contributed by atoms with van der Waals surface area (Å²) < 4.78 is 9.83. The molecule has 1 unspecified atom stereocenters. The van der Waals surface area contributed by atoms with Gasteiger partial charge in [0.15, 0.2) is 0 Å². The summed E-state index contributed by atoms with van der Waals surface area (Å²) in [6.45, 7) is 3.99. The maximum atomic E-state index is 10.5. The molecule has 0 fully saturated rings. The fourth-order valence-corrected chi connectivity index (χ4v) is 0.718. The normalized spacial score (nSPS) is 12.6. The van der Waals surface area contributed by atoms with Crippen LogP contribution in [0.1, 0.15) is 20.3 Å². The Morgan fingerprint density at radius 3 is 2.67 bits per heavy atom. The molecule has 0 rings (SSSR count). The Hall–Kier alpha value is -0.610. The first-order valence-corrected chi connectivity index (χ1v) is 4.06. The van der Waals surface area contributed by atoms with Crippen molar-refractivity contribution in [2.24, 2.45) is 0 Å². The lowest BCUT2D eigenvalue weighted by molar-refractivity contribution is -0.151. The van der Waals surface area contributed by atoms with Crippen molar-refractivity contribution in [2.45, 2.75) is 26.4 Å². The Morgan fingerprint density at radius 1 is 1.58 bits per heavy atom. The maximum Gasteiger partial charge on any atom is 0.303 e. The molecule has 0 spiro atoms. The second-order valence-corrected chi connectivity index (χ2v) is 2.49. The number of carbonyl (C=O) groups is 1. The molecule has 72 valence electrons. The van der Waals surface area contributed by atoms with Crippen molar-refractivity contribution in [3.8, 4) is 0 Å². The predicted molar refractivity (Wildman–Crippen MR) is 43.7 cm³/mol. The minimum Gasteiger partial charge on any atom is -0.458 e. The van der Waals surface area contributed by atoms with Gasteiger partial charge in [-0.25, -0.2) is 0 Å². The van der Waals surface area contributed by atoms with Crippen molar-refractivity contribution in [3.05, 3.63) is 0 Å². The highest BCUT2D eigenvalue weighted by molar-refractivity contribution is 5.66. The van der Waals surface area contributed by atoms with E-state index in [1.165, 1.54) is 6.92 Å². The topological polar surface area (TPSA) is 55.8 Å². The molecule has 1 N–H and O–H groups in total. The van der Waals surface area contributed by atoms with Crippen molar-refractivity contribution < 1.29 is 19.4 Å². The zero-order valence-corrected chi connectivity index (χ0v) is 7.58. The SMILES string of the molecule is CCCOCC(CO)OC(C)=O. The molecule has 4 nitrogen and oxygen atoms in total. The summed E-state index contributed by atoms with van der Waals surface area (Å²) in [5.74, 6) is -0.394. The van der Waals surface area contributed by atoms with Gasteiger partial charge < -0.3 is 14.6 Å². The van der Waals surface area contributed by atoms with Gasteiger partial charge in [-0.3, -0.25) is 4.79 Å². The highest BCUT2D eigenvalue weighted by atomic mass is 16.6. The number of esters is 1. The minimum absolute atomic E-state index is 0.191. The second-order valence-electron chi connectivity index (χ2n) is 2.49. The van der Waals surface area contributed by atoms with Crippen molar-refractivity contribution >= 4 is 5.97 Å². The van der Waals surface area contributed by atoms with E-state index in [0.717, 1.165) is 6.42 Å². The third-order valence-corrected chi connectivity index (χ3v) is 1.19. The molecule has 0 amide bonds. The molecule has 1 atom stereocenters. The molecule has 0 saturated heterocycles. The Bertz CT molecular complexity index is 124. The van der Waals surface area contributed by atoms with Gasteiger partial charge in [0.05, 0.1) is 13.2 Å². The van der Waals surface area contributed by atoms with E-state index in [4.69, 9.17) is 14.6 Å². The standard InChI is InChI=1S/C8H16O4/c1-3-4-11-6-8(5-9)12-7(2)10/h8-9H,3-6H2,1-2H3. The van der Waals surface area contributed by atoms with E-state index in [0.29, 0.717) is 6.61 Å². The van der Waals surface area contributed by atoms with Gasteiger partial charge in [0.2, 0.25) is 0 Å². The van der Waals surface area contributed by atoms with Gasteiger partial charge in [0.1, 0.15) is 6.10 Å². The number of rotatable bonds is 6. The number of ether oxygens (including phenoxy) is 2. The van der Waals surface area contributed by atoms with Crippen LogP contribution in [0.4, 0.5) is 0 Å². The van der Waals surface area contributed by atoms with E-state index >= 15 is 0 Å². The Labute approximate surface area is 72.5 Å². The fourth-order valence-electron chi connectivity index (χ4n) is 0.718. The Balaban J connectivity index is 3.46. The zero-order valence-electron chi connectivity index (χ0n) is 7.58. The molecule has 12 heavy (non-hydrogen) atoms. The summed E-state index contributed by atoms with van der Waals surface area (Å²) in [5.41, 5.74) is 0. The molecule has 0 bridgehead atoms. The summed E-state index contributed by atoms with van der Waals surface area (Å²) in [4.78, 5) is 10.5. The van der Waals surface area contributed by atoms with E-state index in [-0.39, 0.29) is 13.2 Å². The fraction of sp³-hybridized carbons (Fsp3) is 0.875. The third-order valence-electron chi connectivity index (χ3n) is 1.19. The van der Waals surface area contributed by atoms with E-state index in [1.54, 1.807) is 0 Å². The highest BCUT2D eigenvalue weighted by Gasteiger charge is 2.09. The van der Waals surface area contributed by atoms with Gasteiger partial charge in [0.25, 0.3) is 0 Å². The van der Waals surface area contributed by atoms with Crippen LogP contribution in [0.2, 0.25) is 0 Å². The first-order chi connectivity index (χ1) is 5.70. The summed E-state index contributed by atoms with van der Waals surface area (Å²) in [7, 11) is 0. The lowest BCUT2D eigenvalue weighted by Crippen LogP contribution is -2.26. The minimum atomic E-state index is -0.519. The molecule has 0 aromatic heterocycles. The highest BCUT2D eigenvalue weighted by Crippen LogP contribution is 1.93. The molecule has 0 heterocycles. The van der Waals surface area contributed by atoms with Crippen LogP contribution in [0.5, 0.6) is 0 Å². The number of aliphatic hydroxyl groups is 1. The first-order valence-electron chi connectivity index (χ1n) is 4.06. The number of aliphatic hydroxyl groups excluding tert-OH is 1. The van der Waals surface area contributed by atoms with Crippen molar-refractivity contribution in [1.82, 2.24) is 0 Å². The monoisotopic (exact) mass is 176 g/mol. The van der Waals surface area contributed by atoms with Crippen LogP contribution in [0.15, 0.2) is 0 Å². The van der Waals surface area contributed by atoms with Crippen molar-refractivity contribution in [3.63, 3.8) is 0 Å². The van der Waals surface area contributed by atoms with E-state index in [9.17, 15) is 4.79 Å². The van der Waals surface area contributed by atoms with Gasteiger partial charge in [-0.15, -0.1) is 0 Å². The molecule has 0 saturated carbocycles. The maximum absolute atomic E-state index is 10.5. The molecule has 0 aromatic rings.